The van der Waals surface area contributed by atoms with E-state index >= 15 is 0 Å². The zero-order valence-electron chi connectivity index (χ0n) is 12.6. The molecule has 0 saturated heterocycles. The summed E-state index contributed by atoms with van der Waals surface area (Å²) in [5, 5.41) is 0. The average Bonchev–Trinajstić information content (AvgIpc) is 2.61. The number of rotatable bonds is 3. The SMILES string of the molecule is CN(c1cccnc1)c1ccnc(-c2cncc(C(F)(F)F)c2)n1. The highest BCUT2D eigenvalue weighted by atomic mass is 19.4. The minimum Gasteiger partial charge on any atom is -0.328 e. The van der Waals surface area contributed by atoms with E-state index in [1.54, 1.807) is 36.5 Å². The highest BCUT2D eigenvalue weighted by Crippen LogP contribution is 2.31. The third-order valence-corrected chi connectivity index (χ3v) is 3.34. The van der Waals surface area contributed by atoms with Gasteiger partial charge in [-0.25, -0.2) is 9.97 Å². The molecule has 122 valence electrons. The van der Waals surface area contributed by atoms with Crippen LogP contribution in [0.15, 0.2) is 55.2 Å². The van der Waals surface area contributed by atoms with Crippen molar-refractivity contribution in [2.75, 3.05) is 11.9 Å². The Morgan fingerprint density at radius 1 is 1.00 bits per heavy atom. The predicted molar refractivity (Wildman–Crippen MR) is 82.6 cm³/mol. The molecule has 0 saturated carbocycles. The van der Waals surface area contributed by atoms with Gasteiger partial charge in [0.2, 0.25) is 0 Å². The molecule has 24 heavy (non-hydrogen) atoms. The lowest BCUT2D eigenvalue weighted by atomic mass is 10.2. The summed E-state index contributed by atoms with van der Waals surface area (Å²) in [5.41, 5.74) is 0.158. The minimum atomic E-state index is -4.47. The first-order valence-electron chi connectivity index (χ1n) is 6.94. The average molecular weight is 331 g/mol. The lowest BCUT2D eigenvalue weighted by Crippen LogP contribution is -2.12. The zero-order valence-corrected chi connectivity index (χ0v) is 12.6. The summed E-state index contributed by atoms with van der Waals surface area (Å²) in [4.78, 5) is 17.8. The molecule has 0 atom stereocenters. The van der Waals surface area contributed by atoms with Gasteiger partial charge in [-0.1, -0.05) is 0 Å². The Bertz CT molecular complexity index is 836. The smallest absolute Gasteiger partial charge is 0.328 e. The molecule has 0 spiro atoms. The molecule has 3 heterocycles. The second kappa shape index (κ2) is 6.23. The van der Waals surface area contributed by atoms with Crippen LogP contribution in [0.4, 0.5) is 24.7 Å². The second-order valence-electron chi connectivity index (χ2n) is 4.97. The third kappa shape index (κ3) is 3.32. The molecule has 0 fully saturated rings. The number of pyridine rings is 2. The van der Waals surface area contributed by atoms with E-state index in [0.717, 1.165) is 18.0 Å². The molecule has 0 bridgehead atoms. The van der Waals surface area contributed by atoms with Gasteiger partial charge >= 0.3 is 6.18 Å². The van der Waals surface area contributed by atoms with E-state index in [4.69, 9.17) is 0 Å². The summed E-state index contributed by atoms with van der Waals surface area (Å²) >= 11 is 0. The van der Waals surface area contributed by atoms with Crippen molar-refractivity contribution in [1.82, 2.24) is 19.9 Å². The molecule has 0 aliphatic carbocycles. The van der Waals surface area contributed by atoms with Gasteiger partial charge in [0.05, 0.1) is 17.4 Å². The Labute approximate surface area is 135 Å². The molecule has 3 rings (SSSR count). The lowest BCUT2D eigenvalue weighted by molar-refractivity contribution is -0.137. The van der Waals surface area contributed by atoms with E-state index in [9.17, 15) is 13.2 Å². The summed E-state index contributed by atoms with van der Waals surface area (Å²) in [5.74, 6) is 0.701. The Balaban J connectivity index is 1.97. The van der Waals surface area contributed by atoms with Crippen LogP contribution in [0.5, 0.6) is 0 Å². The van der Waals surface area contributed by atoms with E-state index in [-0.39, 0.29) is 11.4 Å². The van der Waals surface area contributed by atoms with Crippen LogP contribution in [0.3, 0.4) is 0 Å². The van der Waals surface area contributed by atoms with Crippen LogP contribution in [-0.4, -0.2) is 27.0 Å². The molecule has 8 heteroatoms. The first-order chi connectivity index (χ1) is 11.4. The molecule has 0 N–H and O–H groups in total. The van der Waals surface area contributed by atoms with Crippen LogP contribution in [0.2, 0.25) is 0 Å². The van der Waals surface area contributed by atoms with Crippen LogP contribution in [0.1, 0.15) is 5.56 Å². The van der Waals surface area contributed by atoms with Gasteiger partial charge in [0.25, 0.3) is 0 Å². The molecule has 5 nitrogen and oxygen atoms in total. The highest BCUT2D eigenvalue weighted by molar-refractivity contribution is 5.62. The molecule has 0 aromatic carbocycles. The van der Waals surface area contributed by atoms with Crippen molar-refractivity contribution in [2.45, 2.75) is 6.18 Å². The monoisotopic (exact) mass is 331 g/mol. The van der Waals surface area contributed by atoms with Crippen molar-refractivity contribution in [3.63, 3.8) is 0 Å². The fourth-order valence-electron chi connectivity index (χ4n) is 2.08. The van der Waals surface area contributed by atoms with Crippen LogP contribution in [0.25, 0.3) is 11.4 Å². The van der Waals surface area contributed by atoms with E-state index in [1.807, 2.05) is 6.07 Å². The van der Waals surface area contributed by atoms with Crippen LogP contribution >= 0.6 is 0 Å². The number of nitrogens with zero attached hydrogens (tertiary/aromatic N) is 5. The van der Waals surface area contributed by atoms with Crippen molar-refractivity contribution in [2.24, 2.45) is 0 Å². The quantitative estimate of drug-likeness (QED) is 0.732. The Morgan fingerprint density at radius 3 is 2.54 bits per heavy atom. The fourth-order valence-corrected chi connectivity index (χ4v) is 2.08. The first-order valence-corrected chi connectivity index (χ1v) is 6.94. The summed E-state index contributed by atoms with van der Waals surface area (Å²) in [6, 6.07) is 6.28. The molecular formula is C16H12F3N5. The number of hydrogen-bond acceptors (Lipinski definition) is 5. The van der Waals surface area contributed by atoms with E-state index < -0.39 is 11.7 Å². The van der Waals surface area contributed by atoms with Crippen molar-refractivity contribution in [1.29, 1.82) is 0 Å². The predicted octanol–water partition coefficient (Wildman–Crippen LogP) is 3.72. The van der Waals surface area contributed by atoms with Gasteiger partial charge in [0, 0.05) is 37.4 Å². The van der Waals surface area contributed by atoms with Crippen LogP contribution < -0.4 is 4.90 Å². The summed E-state index contributed by atoms with van der Waals surface area (Å²) < 4.78 is 38.4. The summed E-state index contributed by atoms with van der Waals surface area (Å²) in [6.45, 7) is 0. The Kier molecular flexibility index (Phi) is 4.11. The van der Waals surface area contributed by atoms with Gasteiger partial charge in [0.1, 0.15) is 5.82 Å². The molecule has 0 unspecified atom stereocenters. The standard InChI is InChI=1S/C16H12F3N5/c1-24(13-3-2-5-20-10-13)14-4-6-22-15(23-14)11-7-12(9-21-8-11)16(17,18)19/h2-10H,1H3. The van der Waals surface area contributed by atoms with Crippen LogP contribution in [-0.2, 0) is 6.18 Å². The highest BCUT2D eigenvalue weighted by Gasteiger charge is 2.31. The van der Waals surface area contributed by atoms with Gasteiger partial charge in [-0.2, -0.15) is 13.2 Å². The van der Waals surface area contributed by atoms with Gasteiger partial charge < -0.3 is 4.90 Å². The number of aromatic nitrogens is 4. The number of alkyl halides is 3. The largest absolute Gasteiger partial charge is 0.417 e. The summed E-state index contributed by atoms with van der Waals surface area (Å²) in [6.07, 6.45) is 2.41. The molecule has 0 aliphatic heterocycles. The normalized spacial score (nSPS) is 11.3. The fraction of sp³-hybridized carbons (Fsp3) is 0.125. The summed E-state index contributed by atoms with van der Waals surface area (Å²) in [7, 11) is 1.79. The molecule has 3 aromatic heterocycles. The lowest BCUT2D eigenvalue weighted by Gasteiger charge is -2.18. The molecule has 0 aliphatic rings. The third-order valence-electron chi connectivity index (χ3n) is 3.34. The maximum absolute atomic E-state index is 12.8. The molecular weight excluding hydrogens is 319 g/mol. The van der Waals surface area contributed by atoms with Crippen molar-refractivity contribution in [3.05, 3.63) is 60.8 Å². The van der Waals surface area contributed by atoms with E-state index in [0.29, 0.717) is 5.82 Å². The number of halogens is 3. The van der Waals surface area contributed by atoms with Crippen molar-refractivity contribution < 1.29 is 13.2 Å². The Morgan fingerprint density at radius 2 is 1.83 bits per heavy atom. The molecule has 0 radical (unpaired) electrons. The van der Waals surface area contributed by atoms with Gasteiger partial charge in [-0.05, 0) is 24.3 Å². The number of anilines is 2. The van der Waals surface area contributed by atoms with E-state index in [2.05, 4.69) is 19.9 Å². The zero-order chi connectivity index (χ0) is 17.2. The van der Waals surface area contributed by atoms with Crippen LogP contribution in [0, 0.1) is 0 Å². The number of hydrogen-bond donors (Lipinski definition) is 0. The van der Waals surface area contributed by atoms with Crippen molar-refractivity contribution in [3.8, 4) is 11.4 Å². The second-order valence-corrected chi connectivity index (χ2v) is 4.97. The van der Waals surface area contributed by atoms with Gasteiger partial charge in [-0.15, -0.1) is 0 Å². The molecule has 0 amide bonds. The molecule has 3 aromatic rings. The maximum Gasteiger partial charge on any atom is 0.417 e. The maximum atomic E-state index is 12.8. The van der Waals surface area contributed by atoms with E-state index in [1.165, 1.54) is 12.4 Å². The topological polar surface area (TPSA) is 54.8 Å². The Hall–Kier alpha value is -3.03. The first kappa shape index (κ1) is 15.9. The van der Waals surface area contributed by atoms with Gasteiger partial charge in [0.15, 0.2) is 5.82 Å². The van der Waals surface area contributed by atoms with Gasteiger partial charge in [-0.3, -0.25) is 9.97 Å². The van der Waals surface area contributed by atoms with Crippen molar-refractivity contribution >= 4 is 11.5 Å². The minimum absolute atomic E-state index is 0.168.